The molecule has 1 saturated heterocycles. The number of nitrogens with one attached hydrogen (secondary N) is 1. The number of rotatable bonds is 2. The molecule has 1 N–H and O–H groups in total. The van der Waals surface area contributed by atoms with Gasteiger partial charge in [0.1, 0.15) is 0 Å². The highest BCUT2D eigenvalue weighted by Gasteiger charge is 2.32. The van der Waals surface area contributed by atoms with Crippen LogP contribution >= 0.6 is 15.9 Å². The van der Waals surface area contributed by atoms with Crippen LogP contribution in [0.2, 0.25) is 0 Å². The Morgan fingerprint density at radius 3 is 2.67 bits per heavy atom. The van der Waals surface area contributed by atoms with Crippen LogP contribution in [0.4, 0.5) is 5.69 Å². The largest absolute Gasteiger partial charge is 0.368 e. The third-order valence-electron chi connectivity index (χ3n) is 4.35. The number of piperidine rings is 1. The first-order chi connectivity index (χ1) is 8.54. The summed E-state index contributed by atoms with van der Waals surface area (Å²) < 4.78 is 1.21. The van der Waals surface area contributed by atoms with Gasteiger partial charge in [-0.25, -0.2) is 0 Å². The van der Waals surface area contributed by atoms with Crippen molar-refractivity contribution in [2.75, 3.05) is 18.5 Å². The molecular weight excluding hydrogens is 288 g/mol. The van der Waals surface area contributed by atoms with E-state index in [4.69, 9.17) is 0 Å². The Hall–Kier alpha value is -0.540. The second-order valence-corrected chi connectivity index (χ2v) is 6.29. The van der Waals surface area contributed by atoms with E-state index in [0.29, 0.717) is 18.0 Å². The third-order valence-corrected chi connectivity index (χ3v) is 4.99. The van der Waals surface area contributed by atoms with E-state index in [9.17, 15) is 0 Å². The lowest BCUT2D eigenvalue weighted by molar-refractivity contribution is 0.282. The summed E-state index contributed by atoms with van der Waals surface area (Å²) in [5.74, 6) is 0.664. The molecule has 2 nitrogen and oxygen atoms in total. The highest BCUT2D eigenvalue weighted by molar-refractivity contribution is 9.10. The zero-order valence-corrected chi connectivity index (χ0v) is 13.3. The molecule has 1 aliphatic rings. The second kappa shape index (κ2) is 5.62. The molecular formula is C15H23BrN2. The molecule has 0 radical (unpaired) electrons. The minimum absolute atomic E-state index is 0.565. The molecule has 1 fully saturated rings. The van der Waals surface area contributed by atoms with Crippen LogP contribution in [0.1, 0.15) is 25.8 Å². The minimum Gasteiger partial charge on any atom is -0.368 e. The standard InChI is InChI=1S/C15H23BrN2/c1-10-5-6-15(13(16)9-10)18-8-7-14(17-4)11(2)12(18)3/h5-6,9,11-12,14,17H,7-8H2,1-4H3. The first kappa shape index (κ1) is 13.9. The van der Waals surface area contributed by atoms with Crippen molar-refractivity contribution in [2.24, 2.45) is 5.92 Å². The van der Waals surface area contributed by atoms with Gasteiger partial charge in [-0.15, -0.1) is 0 Å². The van der Waals surface area contributed by atoms with E-state index in [-0.39, 0.29) is 0 Å². The Balaban J connectivity index is 2.24. The van der Waals surface area contributed by atoms with Crippen molar-refractivity contribution < 1.29 is 0 Å². The zero-order chi connectivity index (χ0) is 13.3. The number of anilines is 1. The molecule has 3 atom stereocenters. The van der Waals surface area contributed by atoms with Gasteiger partial charge in [-0.1, -0.05) is 13.0 Å². The van der Waals surface area contributed by atoms with Gasteiger partial charge in [-0.2, -0.15) is 0 Å². The van der Waals surface area contributed by atoms with Crippen molar-refractivity contribution in [3.8, 4) is 0 Å². The fourth-order valence-corrected chi connectivity index (χ4v) is 3.68. The predicted molar refractivity (Wildman–Crippen MR) is 82.3 cm³/mol. The van der Waals surface area contributed by atoms with Crippen LogP contribution in [-0.4, -0.2) is 25.7 Å². The summed E-state index contributed by atoms with van der Waals surface area (Å²) in [4.78, 5) is 2.53. The van der Waals surface area contributed by atoms with Crippen molar-refractivity contribution in [3.63, 3.8) is 0 Å². The van der Waals surface area contributed by atoms with Gasteiger partial charge < -0.3 is 10.2 Å². The normalized spacial score (nSPS) is 28.5. The van der Waals surface area contributed by atoms with Crippen LogP contribution in [0.25, 0.3) is 0 Å². The number of nitrogens with zero attached hydrogens (tertiary/aromatic N) is 1. The van der Waals surface area contributed by atoms with Gasteiger partial charge in [0.2, 0.25) is 0 Å². The van der Waals surface area contributed by atoms with Gasteiger partial charge >= 0.3 is 0 Å². The summed E-state index contributed by atoms with van der Waals surface area (Å²) in [6.07, 6.45) is 1.21. The smallest absolute Gasteiger partial charge is 0.0513 e. The SMILES string of the molecule is CNC1CCN(c2ccc(C)cc2Br)C(C)C1C. The van der Waals surface area contributed by atoms with E-state index >= 15 is 0 Å². The Morgan fingerprint density at radius 2 is 2.06 bits per heavy atom. The molecule has 0 amide bonds. The quantitative estimate of drug-likeness (QED) is 0.898. The van der Waals surface area contributed by atoms with Crippen molar-refractivity contribution in [1.82, 2.24) is 5.32 Å². The predicted octanol–water partition coefficient (Wildman–Crippen LogP) is 3.58. The van der Waals surface area contributed by atoms with Crippen LogP contribution in [0, 0.1) is 12.8 Å². The van der Waals surface area contributed by atoms with Crippen LogP contribution in [0.15, 0.2) is 22.7 Å². The van der Waals surface area contributed by atoms with Gasteiger partial charge in [-0.05, 0) is 66.9 Å². The van der Waals surface area contributed by atoms with Crippen LogP contribution < -0.4 is 10.2 Å². The maximum absolute atomic E-state index is 3.70. The minimum atomic E-state index is 0.565. The van der Waals surface area contributed by atoms with Crippen molar-refractivity contribution >= 4 is 21.6 Å². The Labute approximate surface area is 119 Å². The molecule has 100 valence electrons. The summed E-state index contributed by atoms with van der Waals surface area (Å²) in [6, 6.07) is 7.84. The maximum atomic E-state index is 3.70. The van der Waals surface area contributed by atoms with E-state index in [1.807, 2.05) is 0 Å². The highest BCUT2D eigenvalue weighted by Crippen LogP contribution is 2.34. The summed E-state index contributed by atoms with van der Waals surface area (Å²) in [7, 11) is 2.07. The monoisotopic (exact) mass is 310 g/mol. The third kappa shape index (κ3) is 2.57. The van der Waals surface area contributed by atoms with Crippen molar-refractivity contribution in [1.29, 1.82) is 0 Å². The van der Waals surface area contributed by atoms with Crippen LogP contribution in [0.3, 0.4) is 0 Å². The van der Waals surface area contributed by atoms with Gasteiger partial charge in [0, 0.05) is 23.1 Å². The first-order valence-corrected chi connectivity index (χ1v) is 7.54. The Morgan fingerprint density at radius 1 is 1.33 bits per heavy atom. The van der Waals surface area contributed by atoms with Gasteiger partial charge in [0.25, 0.3) is 0 Å². The molecule has 1 aromatic rings. The molecule has 1 heterocycles. The van der Waals surface area contributed by atoms with Crippen LogP contribution in [0.5, 0.6) is 0 Å². The maximum Gasteiger partial charge on any atom is 0.0513 e. The summed E-state index contributed by atoms with van der Waals surface area (Å²) >= 11 is 3.70. The molecule has 0 aliphatic carbocycles. The number of hydrogen-bond donors (Lipinski definition) is 1. The number of benzene rings is 1. The number of aryl methyl sites for hydroxylation is 1. The van der Waals surface area contributed by atoms with E-state index in [1.165, 1.54) is 22.1 Å². The molecule has 0 bridgehead atoms. The van der Waals surface area contributed by atoms with E-state index in [1.54, 1.807) is 0 Å². The number of hydrogen-bond acceptors (Lipinski definition) is 2. The van der Waals surface area contributed by atoms with E-state index in [2.05, 4.69) is 72.2 Å². The molecule has 1 aromatic carbocycles. The summed E-state index contributed by atoms with van der Waals surface area (Å²) in [5.41, 5.74) is 2.63. The van der Waals surface area contributed by atoms with E-state index in [0.717, 1.165) is 6.54 Å². The van der Waals surface area contributed by atoms with Gasteiger partial charge in [-0.3, -0.25) is 0 Å². The lowest BCUT2D eigenvalue weighted by atomic mass is 9.86. The van der Waals surface area contributed by atoms with Crippen molar-refractivity contribution in [2.45, 2.75) is 39.3 Å². The summed E-state index contributed by atoms with van der Waals surface area (Å²) in [5, 5.41) is 3.44. The molecule has 0 spiro atoms. The molecule has 3 heteroatoms. The molecule has 1 aliphatic heterocycles. The Kier molecular flexibility index (Phi) is 4.33. The van der Waals surface area contributed by atoms with Gasteiger partial charge in [0.15, 0.2) is 0 Å². The summed E-state index contributed by atoms with van der Waals surface area (Å²) in [6.45, 7) is 7.94. The lowest BCUT2D eigenvalue weighted by Crippen LogP contribution is -2.52. The van der Waals surface area contributed by atoms with Gasteiger partial charge in [0.05, 0.1) is 5.69 Å². The zero-order valence-electron chi connectivity index (χ0n) is 11.7. The molecule has 0 saturated carbocycles. The van der Waals surface area contributed by atoms with Crippen molar-refractivity contribution in [3.05, 3.63) is 28.2 Å². The van der Waals surface area contributed by atoms with Crippen LogP contribution in [-0.2, 0) is 0 Å². The molecule has 2 rings (SSSR count). The number of halogens is 1. The Bertz CT molecular complexity index is 419. The fraction of sp³-hybridized carbons (Fsp3) is 0.600. The molecule has 3 unspecified atom stereocenters. The molecule has 18 heavy (non-hydrogen) atoms. The fourth-order valence-electron chi connectivity index (χ4n) is 2.96. The molecule has 0 aromatic heterocycles. The second-order valence-electron chi connectivity index (χ2n) is 5.43. The van der Waals surface area contributed by atoms with E-state index < -0.39 is 0 Å². The topological polar surface area (TPSA) is 15.3 Å². The highest BCUT2D eigenvalue weighted by atomic mass is 79.9. The average molecular weight is 311 g/mol. The first-order valence-electron chi connectivity index (χ1n) is 6.74. The lowest BCUT2D eigenvalue weighted by Gasteiger charge is -2.44. The average Bonchev–Trinajstić information content (AvgIpc) is 2.34.